The number of carbonyl (C=O) groups excluding carboxylic acids is 4. The SMILES string of the molecule is CC[C@H]1OC(=O)C(C)[C@@H](OC2C[C@](C)(OC)[C@H](O)C(C)O2)[C@H](C)[C@@H](OC2OC(C)C[C@@H](N(C)C)[C@H]2O)[C@](C)(O)C[C@@H](C)CN(CCCNC(=O)[C@@]2(O)CCC3C4CCC5=CC(=O)CC[C@]5(C)C4C(=O)C[C@@]32C)[C@H](C)[C@@H](O)[C@]1(C)O. The van der Waals surface area contributed by atoms with Crippen LogP contribution in [-0.2, 0) is 47.6 Å². The van der Waals surface area contributed by atoms with Crippen LogP contribution in [0.5, 0.6) is 0 Å². The first-order chi connectivity index (χ1) is 36.7. The summed E-state index contributed by atoms with van der Waals surface area (Å²) >= 11 is 0. The van der Waals surface area contributed by atoms with E-state index in [-0.39, 0.29) is 92.6 Å². The van der Waals surface area contributed by atoms with Crippen molar-refractivity contribution in [2.45, 2.75) is 256 Å². The number of fused-ring (bicyclic) bond motifs is 5. The number of ether oxygens (including phenoxy) is 6. The molecule has 79 heavy (non-hydrogen) atoms. The van der Waals surface area contributed by atoms with Crippen LogP contribution in [0.3, 0.4) is 0 Å². The van der Waals surface area contributed by atoms with Crippen molar-refractivity contribution in [2.75, 3.05) is 40.8 Å². The van der Waals surface area contributed by atoms with Gasteiger partial charge in [0.1, 0.15) is 41.4 Å². The van der Waals surface area contributed by atoms with E-state index in [1.165, 1.54) is 14.0 Å². The average molecular weight is 1120 g/mol. The van der Waals surface area contributed by atoms with E-state index >= 15 is 0 Å². The van der Waals surface area contributed by atoms with Crippen LogP contribution < -0.4 is 5.32 Å². The fourth-order valence-electron chi connectivity index (χ4n) is 16.3. The molecule has 452 valence electrons. The fourth-order valence-corrected chi connectivity index (χ4v) is 16.3. The number of hydrogen-bond acceptors (Lipinski definition) is 18. The van der Waals surface area contributed by atoms with Crippen molar-refractivity contribution in [3.63, 3.8) is 0 Å². The van der Waals surface area contributed by atoms with Crippen molar-refractivity contribution in [3.05, 3.63) is 11.6 Å². The Bertz CT molecular complexity index is 2210. The fraction of sp³-hybridized carbons (Fsp3) is 0.900. The molecule has 19 nitrogen and oxygen atoms in total. The molecule has 7 aliphatic rings. The van der Waals surface area contributed by atoms with Gasteiger partial charge in [-0.3, -0.25) is 24.1 Å². The van der Waals surface area contributed by atoms with Gasteiger partial charge in [0, 0.05) is 75.3 Å². The van der Waals surface area contributed by atoms with E-state index in [0.717, 1.165) is 18.4 Å². The maximum absolute atomic E-state index is 14.7. The second-order valence-electron chi connectivity index (χ2n) is 27.1. The molecule has 3 saturated carbocycles. The molecule has 3 aliphatic heterocycles. The largest absolute Gasteiger partial charge is 0.459 e. The molecule has 6 fully saturated rings. The molecule has 0 aromatic heterocycles. The van der Waals surface area contributed by atoms with E-state index in [1.54, 1.807) is 54.5 Å². The van der Waals surface area contributed by atoms with Crippen LogP contribution in [0.25, 0.3) is 0 Å². The zero-order valence-electron chi connectivity index (χ0n) is 50.2. The van der Waals surface area contributed by atoms with E-state index in [9.17, 15) is 49.8 Å². The number of ketones is 2. The minimum absolute atomic E-state index is 0.00234. The number of rotatable bonds is 12. The van der Waals surface area contributed by atoms with E-state index in [2.05, 4.69) is 12.2 Å². The first-order valence-electron chi connectivity index (χ1n) is 29.7. The van der Waals surface area contributed by atoms with Crippen molar-refractivity contribution in [1.82, 2.24) is 15.1 Å². The third-order valence-electron chi connectivity index (χ3n) is 21.1. The molecule has 7 rings (SSSR count). The maximum Gasteiger partial charge on any atom is 0.311 e. The molecule has 7 N–H and O–H groups in total. The van der Waals surface area contributed by atoms with Gasteiger partial charge in [-0.1, -0.05) is 40.2 Å². The quantitative estimate of drug-likeness (QED) is 0.107. The number of cyclic esters (lactones) is 1. The Morgan fingerprint density at radius 1 is 0.899 bits per heavy atom. The number of Topliss-reactive ketones (excluding diaryl/α,β-unsaturated/α-hetero) is 1. The minimum Gasteiger partial charge on any atom is -0.459 e. The van der Waals surface area contributed by atoms with Gasteiger partial charge >= 0.3 is 5.97 Å². The Morgan fingerprint density at radius 2 is 1.58 bits per heavy atom. The zero-order chi connectivity index (χ0) is 58.7. The van der Waals surface area contributed by atoms with Crippen LogP contribution in [0, 0.1) is 46.3 Å². The summed E-state index contributed by atoms with van der Waals surface area (Å²) in [5.41, 5.74) is -6.89. The number of carbonyl (C=O) groups is 4. The van der Waals surface area contributed by atoms with Crippen molar-refractivity contribution in [3.8, 4) is 0 Å². The van der Waals surface area contributed by atoms with Crippen LogP contribution in [0.4, 0.5) is 0 Å². The van der Waals surface area contributed by atoms with Crippen LogP contribution in [0.1, 0.15) is 160 Å². The Morgan fingerprint density at radius 3 is 2.23 bits per heavy atom. The van der Waals surface area contributed by atoms with E-state index in [4.69, 9.17) is 28.4 Å². The summed E-state index contributed by atoms with van der Waals surface area (Å²) in [7, 11) is 5.23. The number of methoxy groups -OCH3 is 1. The first-order valence-corrected chi connectivity index (χ1v) is 29.7. The molecule has 0 aromatic rings. The number of aliphatic hydroxyl groups is 6. The predicted octanol–water partition coefficient (Wildman–Crippen LogP) is 4.22. The van der Waals surface area contributed by atoms with Gasteiger partial charge in [-0.15, -0.1) is 0 Å². The topological polar surface area (TPSA) is 264 Å². The lowest BCUT2D eigenvalue weighted by molar-refractivity contribution is -0.318. The lowest BCUT2D eigenvalue weighted by Gasteiger charge is -2.57. The zero-order valence-corrected chi connectivity index (χ0v) is 50.2. The Kier molecular flexibility index (Phi) is 19.7. The number of amides is 1. The monoisotopic (exact) mass is 1120 g/mol. The summed E-state index contributed by atoms with van der Waals surface area (Å²) in [6, 6.07) is -1.11. The number of nitrogens with one attached hydrogen (secondary N) is 1. The highest BCUT2D eigenvalue weighted by Gasteiger charge is 2.69. The predicted molar refractivity (Wildman–Crippen MR) is 293 cm³/mol. The molecule has 0 radical (unpaired) electrons. The van der Waals surface area contributed by atoms with Crippen LogP contribution in [0.15, 0.2) is 11.6 Å². The van der Waals surface area contributed by atoms with Gasteiger partial charge in [0.15, 0.2) is 18.4 Å². The molecule has 3 saturated heterocycles. The highest BCUT2D eigenvalue weighted by atomic mass is 16.7. The Hall–Kier alpha value is -2.50. The highest BCUT2D eigenvalue weighted by Crippen LogP contribution is 2.66. The van der Waals surface area contributed by atoms with Crippen molar-refractivity contribution < 1.29 is 78.2 Å². The smallest absolute Gasteiger partial charge is 0.311 e. The van der Waals surface area contributed by atoms with Gasteiger partial charge in [-0.2, -0.15) is 0 Å². The summed E-state index contributed by atoms with van der Waals surface area (Å²) in [6.07, 6.45) is -4.03. The van der Waals surface area contributed by atoms with Gasteiger partial charge in [-0.25, -0.2) is 0 Å². The molecule has 0 spiro atoms. The van der Waals surface area contributed by atoms with Crippen LogP contribution in [0.2, 0.25) is 0 Å². The van der Waals surface area contributed by atoms with Gasteiger partial charge in [-0.05, 0) is 150 Å². The van der Waals surface area contributed by atoms with Gasteiger partial charge in [0.05, 0.1) is 41.5 Å². The van der Waals surface area contributed by atoms with Gasteiger partial charge in [0.2, 0.25) is 0 Å². The molecule has 8 unspecified atom stereocenters. The van der Waals surface area contributed by atoms with E-state index in [1.807, 2.05) is 44.7 Å². The van der Waals surface area contributed by atoms with Crippen molar-refractivity contribution in [1.29, 1.82) is 0 Å². The number of likely N-dealkylation sites (N-methyl/N-ethyl adjacent to an activating group) is 1. The maximum atomic E-state index is 14.7. The van der Waals surface area contributed by atoms with E-state index < -0.39 is 118 Å². The number of hydrogen-bond donors (Lipinski definition) is 7. The van der Waals surface area contributed by atoms with Crippen molar-refractivity contribution >= 4 is 23.4 Å². The summed E-state index contributed by atoms with van der Waals surface area (Å²) < 4.78 is 38.3. The van der Waals surface area contributed by atoms with E-state index in [0.29, 0.717) is 38.6 Å². The summed E-state index contributed by atoms with van der Waals surface area (Å²) in [5, 5.41) is 76.2. The van der Waals surface area contributed by atoms with Crippen molar-refractivity contribution in [2.24, 2.45) is 46.3 Å². The Balaban J connectivity index is 1.15. The Labute approximate surface area is 470 Å². The first kappa shape index (κ1) is 64.1. The normalized spacial score (nSPS) is 48.7. The summed E-state index contributed by atoms with van der Waals surface area (Å²) in [4.78, 5) is 59.8. The number of esters is 1. The molecule has 0 bridgehead atoms. The van der Waals surface area contributed by atoms with Crippen LogP contribution in [-0.4, -0.2) is 201 Å². The molecule has 24 atom stereocenters. The molecule has 1 amide bonds. The second kappa shape index (κ2) is 24.2. The van der Waals surface area contributed by atoms with Gasteiger partial charge in [0.25, 0.3) is 5.91 Å². The molecule has 0 aromatic carbocycles. The molecule has 4 aliphatic carbocycles. The second-order valence-corrected chi connectivity index (χ2v) is 27.1. The summed E-state index contributed by atoms with van der Waals surface area (Å²) in [6.45, 7) is 22.1. The van der Waals surface area contributed by atoms with Crippen LogP contribution >= 0.6 is 0 Å². The third-order valence-corrected chi connectivity index (χ3v) is 21.1. The molecular weight excluding hydrogens is 1020 g/mol. The van der Waals surface area contributed by atoms with Gasteiger partial charge < -0.3 is 69.3 Å². The molecule has 19 heteroatoms. The third kappa shape index (κ3) is 12.2. The molecule has 3 heterocycles. The molecular formula is C60H101N3O16. The lowest BCUT2D eigenvalue weighted by Crippen LogP contribution is -2.62. The standard InChI is InChI=1S/C60H101N3O16/c1-16-44-59(12,72)49(67)36(6)63(25-17-24-61-54(70)60(73)23-21-41-40-19-18-38-27-39(64)20-22-55(38,8)46(40)43(65)29-56(41,60)9)31-32(2)28-57(10,71)51(79-53-47(66)42(62(13)14)26-33(3)75-53)34(4)48(35(5)52(69)77-44)78-45-30-58(11,74-15)50(68)37(7)76-45/h27,32-37,40-42,44-51,53,66-68,71-73H,16-26,28-31H2,1-15H3,(H,61,70)/t32-,33?,34+,35?,36-,37?,40?,41?,42-,44-,45?,46?,47-,48+,49-,50-,51-,53?,55+,56+,57-,58+,59-,60+/m1/s1. The number of aliphatic hydroxyl groups excluding tert-OH is 3. The summed E-state index contributed by atoms with van der Waals surface area (Å²) in [5.74, 6) is -3.72. The minimum atomic E-state index is -1.98. The number of allylic oxidation sites excluding steroid dienone is 1. The average Bonchev–Trinajstić information content (AvgIpc) is 3.96. The highest BCUT2D eigenvalue weighted by molar-refractivity contribution is 5.94. The lowest BCUT2D eigenvalue weighted by atomic mass is 9.46. The number of nitrogens with zero attached hydrogens (tertiary/aromatic N) is 2.